The minimum absolute atomic E-state index is 0.141. The van der Waals surface area contributed by atoms with E-state index in [1.54, 1.807) is 4.90 Å². The zero-order chi connectivity index (χ0) is 19.4. The van der Waals surface area contributed by atoms with Crippen molar-refractivity contribution in [2.24, 2.45) is 0 Å². The van der Waals surface area contributed by atoms with Crippen LogP contribution in [0.4, 0.5) is 0 Å². The molecule has 0 aliphatic heterocycles. The fourth-order valence-corrected chi connectivity index (χ4v) is 3.12. The second-order valence-electron chi connectivity index (χ2n) is 6.81. The molecule has 0 saturated heterocycles. The largest absolute Gasteiger partial charge is 0.492 e. The van der Waals surface area contributed by atoms with Crippen molar-refractivity contribution in [3.8, 4) is 5.75 Å². The van der Waals surface area contributed by atoms with Gasteiger partial charge in [-0.25, -0.2) is 0 Å². The lowest BCUT2D eigenvalue weighted by molar-refractivity contribution is -0.126. The summed E-state index contributed by atoms with van der Waals surface area (Å²) in [5, 5.41) is 0. The normalized spacial score (nSPS) is 11.5. The maximum Gasteiger partial charge on any atom is 0.249 e. The second kappa shape index (κ2) is 12.6. The van der Waals surface area contributed by atoms with Gasteiger partial charge in [-0.05, 0) is 55.4 Å². The quantitative estimate of drug-likeness (QED) is 0.361. The van der Waals surface area contributed by atoms with Crippen molar-refractivity contribution >= 4 is 5.91 Å². The van der Waals surface area contributed by atoms with Crippen LogP contribution < -0.4 is 4.74 Å². The van der Waals surface area contributed by atoms with Crippen molar-refractivity contribution in [1.29, 1.82) is 0 Å². The number of carbonyl (C=O) groups excluding carboxylic acids is 1. The van der Waals surface area contributed by atoms with E-state index in [1.165, 1.54) is 24.0 Å². The first kappa shape index (κ1) is 22.3. The Morgan fingerprint density at radius 1 is 1.08 bits per heavy atom. The van der Waals surface area contributed by atoms with Gasteiger partial charge >= 0.3 is 0 Å². The highest BCUT2D eigenvalue weighted by atomic mass is 16.5. The molecule has 3 nitrogen and oxygen atoms in total. The average Bonchev–Trinajstić information content (AvgIpc) is 2.66. The lowest BCUT2D eigenvalue weighted by Crippen LogP contribution is -2.32. The summed E-state index contributed by atoms with van der Waals surface area (Å²) in [4.78, 5) is 14.4. The van der Waals surface area contributed by atoms with Crippen molar-refractivity contribution in [3.05, 3.63) is 41.0 Å². The third-order valence-electron chi connectivity index (χ3n) is 4.76. The zero-order valence-corrected chi connectivity index (χ0v) is 17.4. The highest BCUT2D eigenvalue weighted by Gasteiger charge is 2.14. The predicted octanol–water partition coefficient (Wildman–Crippen LogP) is 5.57. The Morgan fingerprint density at radius 2 is 1.81 bits per heavy atom. The number of aryl methyl sites for hydroxylation is 2. The highest BCUT2D eigenvalue weighted by molar-refractivity contribution is 5.93. The molecule has 0 aliphatic rings. The zero-order valence-electron chi connectivity index (χ0n) is 17.4. The predicted molar refractivity (Wildman–Crippen MR) is 111 cm³/mol. The fourth-order valence-electron chi connectivity index (χ4n) is 3.12. The first-order valence-electron chi connectivity index (χ1n) is 10.3. The molecule has 0 unspecified atom stereocenters. The Labute approximate surface area is 160 Å². The molecule has 0 atom stereocenters. The number of allylic oxidation sites excluding steroid dienone is 1. The standard InChI is InChI=1S/C23H37NO2/c1-6-10-11-13-21(12-7-2)23(25)24(5)16-17-26-22-15-14-19(8-3)20(9-4)18-22/h12,14-15,18H,6-11,13,16-17H2,1-5H3. The molecule has 26 heavy (non-hydrogen) atoms. The summed E-state index contributed by atoms with van der Waals surface area (Å²) in [6.07, 6.45) is 9.36. The molecule has 146 valence electrons. The Bertz CT molecular complexity index is 578. The topological polar surface area (TPSA) is 29.5 Å². The van der Waals surface area contributed by atoms with Gasteiger partial charge in [-0.2, -0.15) is 0 Å². The Hall–Kier alpha value is -1.77. The first-order chi connectivity index (χ1) is 12.6. The second-order valence-corrected chi connectivity index (χ2v) is 6.81. The van der Waals surface area contributed by atoms with E-state index in [1.807, 2.05) is 13.1 Å². The van der Waals surface area contributed by atoms with Crippen LogP contribution >= 0.6 is 0 Å². The molecule has 0 spiro atoms. The number of hydrogen-bond donors (Lipinski definition) is 0. The van der Waals surface area contributed by atoms with E-state index in [2.05, 4.69) is 45.9 Å². The summed E-state index contributed by atoms with van der Waals surface area (Å²) in [7, 11) is 1.87. The van der Waals surface area contributed by atoms with Gasteiger partial charge < -0.3 is 9.64 Å². The average molecular weight is 360 g/mol. The van der Waals surface area contributed by atoms with Crippen LogP contribution in [0.15, 0.2) is 29.8 Å². The lowest BCUT2D eigenvalue weighted by Gasteiger charge is -2.20. The molecule has 3 heteroatoms. The number of amides is 1. The number of unbranched alkanes of at least 4 members (excludes halogenated alkanes) is 2. The molecule has 0 aromatic heterocycles. The molecule has 0 saturated carbocycles. The molecule has 0 bridgehead atoms. The Kier molecular flexibility index (Phi) is 10.8. The van der Waals surface area contributed by atoms with Crippen LogP contribution in [0.3, 0.4) is 0 Å². The number of hydrogen-bond acceptors (Lipinski definition) is 2. The van der Waals surface area contributed by atoms with E-state index >= 15 is 0 Å². The van der Waals surface area contributed by atoms with Gasteiger partial charge in [0.15, 0.2) is 0 Å². The number of ether oxygens (including phenoxy) is 1. The Morgan fingerprint density at radius 3 is 2.42 bits per heavy atom. The highest BCUT2D eigenvalue weighted by Crippen LogP contribution is 2.19. The summed E-state index contributed by atoms with van der Waals surface area (Å²) in [6.45, 7) is 9.74. The third-order valence-corrected chi connectivity index (χ3v) is 4.76. The van der Waals surface area contributed by atoms with Gasteiger partial charge in [-0.3, -0.25) is 4.79 Å². The third kappa shape index (κ3) is 7.23. The van der Waals surface area contributed by atoms with Gasteiger partial charge in [0.25, 0.3) is 0 Å². The number of likely N-dealkylation sites (N-methyl/N-ethyl adjacent to an activating group) is 1. The number of nitrogens with zero attached hydrogens (tertiary/aromatic N) is 1. The molecule has 1 aromatic carbocycles. The summed E-state index contributed by atoms with van der Waals surface area (Å²) in [5.74, 6) is 1.04. The van der Waals surface area contributed by atoms with Crippen molar-refractivity contribution in [3.63, 3.8) is 0 Å². The first-order valence-corrected chi connectivity index (χ1v) is 10.3. The maximum atomic E-state index is 12.7. The van der Waals surface area contributed by atoms with Crippen molar-refractivity contribution in [2.45, 2.75) is 72.6 Å². The van der Waals surface area contributed by atoms with E-state index < -0.39 is 0 Å². The minimum Gasteiger partial charge on any atom is -0.492 e. The molecule has 0 heterocycles. The van der Waals surface area contributed by atoms with Gasteiger partial charge in [-0.15, -0.1) is 0 Å². The smallest absolute Gasteiger partial charge is 0.249 e. The molecule has 0 radical (unpaired) electrons. The van der Waals surface area contributed by atoms with Crippen LogP contribution in [-0.2, 0) is 17.6 Å². The number of carbonyl (C=O) groups is 1. The van der Waals surface area contributed by atoms with Crippen LogP contribution in [0.1, 0.15) is 70.9 Å². The van der Waals surface area contributed by atoms with E-state index in [-0.39, 0.29) is 5.91 Å². The fraction of sp³-hybridized carbons (Fsp3) is 0.609. The van der Waals surface area contributed by atoms with E-state index in [9.17, 15) is 4.79 Å². The number of rotatable bonds is 12. The summed E-state index contributed by atoms with van der Waals surface area (Å²) < 4.78 is 5.89. The molecular weight excluding hydrogens is 322 g/mol. The van der Waals surface area contributed by atoms with Crippen molar-refractivity contribution in [1.82, 2.24) is 4.90 Å². The summed E-state index contributed by atoms with van der Waals surface area (Å²) in [6, 6.07) is 6.32. The molecule has 0 fully saturated rings. The van der Waals surface area contributed by atoms with Gasteiger partial charge in [0, 0.05) is 12.6 Å². The molecule has 1 rings (SSSR count). The van der Waals surface area contributed by atoms with Gasteiger partial charge in [0.1, 0.15) is 12.4 Å². The van der Waals surface area contributed by atoms with Gasteiger partial charge in [-0.1, -0.05) is 52.7 Å². The number of benzene rings is 1. The van der Waals surface area contributed by atoms with Gasteiger partial charge in [0.05, 0.1) is 6.54 Å². The van der Waals surface area contributed by atoms with E-state index in [0.717, 1.165) is 43.4 Å². The molecule has 1 amide bonds. The SMILES string of the molecule is CCC=C(CCCCC)C(=O)N(C)CCOc1ccc(CC)c(CC)c1. The summed E-state index contributed by atoms with van der Waals surface area (Å²) >= 11 is 0. The van der Waals surface area contributed by atoms with Crippen LogP contribution in [0.25, 0.3) is 0 Å². The van der Waals surface area contributed by atoms with E-state index in [0.29, 0.717) is 13.2 Å². The lowest BCUT2D eigenvalue weighted by atomic mass is 10.0. The monoisotopic (exact) mass is 359 g/mol. The summed E-state index contributed by atoms with van der Waals surface area (Å²) in [5.41, 5.74) is 3.68. The van der Waals surface area contributed by atoms with Crippen LogP contribution in [0, 0.1) is 0 Å². The van der Waals surface area contributed by atoms with Crippen molar-refractivity contribution < 1.29 is 9.53 Å². The Balaban J connectivity index is 2.55. The molecular formula is C23H37NO2. The van der Waals surface area contributed by atoms with Crippen LogP contribution in [-0.4, -0.2) is 31.0 Å². The van der Waals surface area contributed by atoms with Crippen LogP contribution in [0.5, 0.6) is 5.75 Å². The van der Waals surface area contributed by atoms with E-state index in [4.69, 9.17) is 4.74 Å². The van der Waals surface area contributed by atoms with Gasteiger partial charge in [0.2, 0.25) is 5.91 Å². The van der Waals surface area contributed by atoms with Crippen molar-refractivity contribution in [2.75, 3.05) is 20.2 Å². The maximum absolute atomic E-state index is 12.7. The minimum atomic E-state index is 0.141. The molecule has 0 aliphatic carbocycles. The molecule has 1 aromatic rings. The molecule has 0 N–H and O–H groups in total. The van der Waals surface area contributed by atoms with Crippen LogP contribution in [0.2, 0.25) is 0 Å².